The molecule has 0 aliphatic rings. The number of hydrogen-bond donors (Lipinski definition) is 1. The van der Waals surface area contributed by atoms with E-state index in [1.165, 1.54) is 5.56 Å². The zero-order chi connectivity index (χ0) is 11.1. The molecule has 15 heavy (non-hydrogen) atoms. The second kappa shape index (κ2) is 6.43. The van der Waals surface area contributed by atoms with Gasteiger partial charge in [-0.1, -0.05) is 12.1 Å². The molecule has 0 amide bonds. The molecule has 0 spiro atoms. The van der Waals surface area contributed by atoms with Crippen LogP contribution in [0.5, 0.6) is 5.75 Å². The fraction of sp³-hybridized carbons (Fsp3) is 0.500. The Kier molecular flexibility index (Phi) is 5.15. The van der Waals surface area contributed by atoms with Crippen molar-refractivity contribution in [3.63, 3.8) is 0 Å². The van der Waals surface area contributed by atoms with Gasteiger partial charge in [0, 0.05) is 13.2 Å². The highest BCUT2D eigenvalue weighted by atomic mass is 16.5. The molecule has 3 heteroatoms. The molecule has 1 aromatic rings. The smallest absolute Gasteiger partial charge is 0.118 e. The SMILES string of the molecule is CCO[C@H](CNC)c1ccc(OC)cc1. The highest BCUT2D eigenvalue weighted by molar-refractivity contribution is 5.28. The molecule has 3 nitrogen and oxygen atoms in total. The van der Waals surface area contributed by atoms with Gasteiger partial charge in [-0.2, -0.15) is 0 Å². The van der Waals surface area contributed by atoms with E-state index < -0.39 is 0 Å². The third-order valence-electron chi connectivity index (χ3n) is 2.24. The molecule has 0 aliphatic carbocycles. The summed E-state index contributed by atoms with van der Waals surface area (Å²) in [4.78, 5) is 0. The lowest BCUT2D eigenvalue weighted by Gasteiger charge is -2.17. The van der Waals surface area contributed by atoms with Crippen LogP contribution in [-0.2, 0) is 4.74 Å². The van der Waals surface area contributed by atoms with Crippen molar-refractivity contribution in [3.8, 4) is 5.75 Å². The Morgan fingerprint density at radius 3 is 2.40 bits per heavy atom. The average molecular weight is 209 g/mol. The average Bonchev–Trinajstić information content (AvgIpc) is 2.29. The van der Waals surface area contributed by atoms with Gasteiger partial charge in [0.2, 0.25) is 0 Å². The second-order valence-electron chi connectivity index (χ2n) is 3.27. The maximum Gasteiger partial charge on any atom is 0.118 e. The summed E-state index contributed by atoms with van der Waals surface area (Å²) in [7, 11) is 3.60. The van der Waals surface area contributed by atoms with Crippen LogP contribution in [0, 0.1) is 0 Å². The predicted molar refractivity (Wildman–Crippen MR) is 61.3 cm³/mol. The van der Waals surface area contributed by atoms with Crippen LogP contribution in [0.3, 0.4) is 0 Å². The number of hydrogen-bond acceptors (Lipinski definition) is 3. The monoisotopic (exact) mass is 209 g/mol. The van der Waals surface area contributed by atoms with Gasteiger partial charge in [-0.3, -0.25) is 0 Å². The Morgan fingerprint density at radius 2 is 1.93 bits per heavy atom. The van der Waals surface area contributed by atoms with Gasteiger partial charge in [-0.15, -0.1) is 0 Å². The minimum Gasteiger partial charge on any atom is -0.497 e. The maximum absolute atomic E-state index is 5.64. The van der Waals surface area contributed by atoms with Crippen molar-refractivity contribution in [2.24, 2.45) is 0 Å². The molecule has 0 heterocycles. The molecule has 0 fully saturated rings. The van der Waals surface area contributed by atoms with E-state index in [4.69, 9.17) is 9.47 Å². The zero-order valence-corrected chi connectivity index (χ0v) is 9.62. The summed E-state index contributed by atoms with van der Waals surface area (Å²) in [6.45, 7) is 3.55. The van der Waals surface area contributed by atoms with E-state index in [2.05, 4.69) is 5.32 Å². The Hall–Kier alpha value is -1.06. The van der Waals surface area contributed by atoms with Crippen LogP contribution in [0.4, 0.5) is 0 Å². The number of likely N-dealkylation sites (N-methyl/N-ethyl adjacent to an activating group) is 1. The maximum atomic E-state index is 5.64. The fourth-order valence-corrected chi connectivity index (χ4v) is 1.48. The predicted octanol–water partition coefficient (Wildman–Crippen LogP) is 1.99. The Balaban J connectivity index is 2.72. The quantitative estimate of drug-likeness (QED) is 0.777. The van der Waals surface area contributed by atoms with E-state index >= 15 is 0 Å². The van der Waals surface area contributed by atoms with Gasteiger partial charge in [0.15, 0.2) is 0 Å². The van der Waals surface area contributed by atoms with E-state index in [-0.39, 0.29) is 6.10 Å². The van der Waals surface area contributed by atoms with Gasteiger partial charge in [-0.25, -0.2) is 0 Å². The van der Waals surface area contributed by atoms with Gasteiger partial charge >= 0.3 is 0 Å². The molecule has 1 atom stereocenters. The summed E-state index contributed by atoms with van der Waals surface area (Å²) in [5.74, 6) is 0.874. The van der Waals surface area contributed by atoms with Gasteiger partial charge in [0.05, 0.1) is 13.2 Å². The summed E-state index contributed by atoms with van der Waals surface area (Å²) >= 11 is 0. The molecule has 1 rings (SSSR count). The third-order valence-corrected chi connectivity index (χ3v) is 2.24. The van der Waals surface area contributed by atoms with Crippen molar-refractivity contribution in [1.29, 1.82) is 0 Å². The topological polar surface area (TPSA) is 30.5 Å². The molecule has 0 saturated carbocycles. The molecule has 0 unspecified atom stereocenters. The van der Waals surface area contributed by atoms with Crippen LogP contribution in [0.1, 0.15) is 18.6 Å². The van der Waals surface area contributed by atoms with Gasteiger partial charge in [0.25, 0.3) is 0 Å². The first-order valence-electron chi connectivity index (χ1n) is 5.22. The van der Waals surface area contributed by atoms with Crippen molar-refractivity contribution in [3.05, 3.63) is 29.8 Å². The van der Waals surface area contributed by atoms with E-state index in [1.807, 2.05) is 38.2 Å². The van der Waals surface area contributed by atoms with Crippen LogP contribution >= 0.6 is 0 Å². The molecule has 1 N–H and O–H groups in total. The molecule has 0 radical (unpaired) electrons. The largest absolute Gasteiger partial charge is 0.497 e. The number of methoxy groups -OCH3 is 1. The van der Waals surface area contributed by atoms with Crippen LogP contribution in [0.25, 0.3) is 0 Å². The second-order valence-corrected chi connectivity index (χ2v) is 3.27. The van der Waals surface area contributed by atoms with Crippen LogP contribution in [-0.4, -0.2) is 27.3 Å². The molecular formula is C12H19NO2. The number of ether oxygens (including phenoxy) is 2. The van der Waals surface area contributed by atoms with Crippen LogP contribution in [0.15, 0.2) is 24.3 Å². The Morgan fingerprint density at radius 1 is 1.27 bits per heavy atom. The first kappa shape index (κ1) is 12.0. The third kappa shape index (κ3) is 3.53. The van der Waals surface area contributed by atoms with Gasteiger partial charge < -0.3 is 14.8 Å². The van der Waals surface area contributed by atoms with Crippen molar-refractivity contribution < 1.29 is 9.47 Å². The number of benzene rings is 1. The highest BCUT2D eigenvalue weighted by Gasteiger charge is 2.09. The van der Waals surface area contributed by atoms with Crippen LogP contribution in [0.2, 0.25) is 0 Å². The normalized spacial score (nSPS) is 12.5. The van der Waals surface area contributed by atoms with E-state index in [9.17, 15) is 0 Å². The van der Waals surface area contributed by atoms with E-state index in [0.29, 0.717) is 0 Å². The lowest BCUT2D eigenvalue weighted by atomic mass is 10.1. The lowest BCUT2D eigenvalue weighted by Crippen LogP contribution is -2.19. The molecular weight excluding hydrogens is 190 g/mol. The summed E-state index contributed by atoms with van der Waals surface area (Å²) in [6.07, 6.45) is 0.117. The molecule has 1 aromatic carbocycles. The van der Waals surface area contributed by atoms with Crippen molar-refractivity contribution in [2.45, 2.75) is 13.0 Å². The molecule has 84 valence electrons. The summed E-state index contributed by atoms with van der Waals surface area (Å²) < 4.78 is 10.8. The van der Waals surface area contributed by atoms with E-state index in [1.54, 1.807) is 7.11 Å². The van der Waals surface area contributed by atoms with Crippen molar-refractivity contribution >= 4 is 0 Å². The minimum atomic E-state index is 0.117. The number of nitrogens with one attached hydrogen (secondary N) is 1. The molecule has 0 aromatic heterocycles. The highest BCUT2D eigenvalue weighted by Crippen LogP contribution is 2.19. The lowest BCUT2D eigenvalue weighted by molar-refractivity contribution is 0.0637. The van der Waals surface area contributed by atoms with Gasteiger partial charge in [0.1, 0.15) is 5.75 Å². The first-order chi connectivity index (χ1) is 7.31. The fourth-order valence-electron chi connectivity index (χ4n) is 1.48. The summed E-state index contributed by atoms with van der Waals surface area (Å²) in [5, 5.41) is 3.12. The molecule has 0 aliphatic heterocycles. The van der Waals surface area contributed by atoms with Gasteiger partial charge in [-0.05, 0) is 31.7 Å². The van der Waals surface area contributed by atoms with Crippen molar-refractivity contribution in [1.82, 2.24) is 5.32 Å². The molecule has 0 saturated heterocycles. The van der Waals surface area contributed by atoms with Crippen LogP contribution < -0.4 is 10.1 Å². The standard InChI is InChI=1S/C12H19NO2/c1-4-15-12(9-13-2)10-5-7-11(14-3)8-6-10/h5-8,12-13H,4,9H2,1-3H3/t12-/m1/s1. The van der Waals surface area contributed by atoms with E-state index in [0.717, 1.165) is 18.9 Å². The van der Waals surface area contributed by atoms with Crippen molar-refractivity contribution in [2.75, 3.05) is 27.3 Å². The number of rotatable bonds is 6. The summed E-state index contributed by atoms with van der Waals surface area (Å²) in [6, 6.07) is 7.99. The first-order valence-corrected chi connectivity index (χ1v) is 5.22. The zero-order valence-electron chi connectivity index (χ0n) is 9.62. The molecule has 0 bridgehead atoms. The Labute approximate surface area is 91.4 Å². The minimum absolute atomic E-state index is 0.117. The summed E-state index contributed by atoms with van der Waals surface area (Å²) in [5.41, 5.74) is 1.17. The Bertz CT molecular complexity index is 265.